The molecule has 0 aliphatic rings. The number of hydrogen-bond acceptors (Lipinski definition) is 2. The molecule has 0 aromatic carbocycles. The molecule has 0 bridgehead atoms. The van der Waals surface area contributed by atoms with Gasteiger partial charge in [0, 0.05) is 18.9 Å². The van der Waals surface area contributed by atoms with Crippen LogP contribution in [0.2, 0.25) is 10.2 Å². The van der Waals surface area contributed by atoms with Crippen LogP contribution in [0.5, 0.6) is 0 Å². The van der Waals surface area contributed by atoms with Crippen LogP contribution in [-0.4, -0.2) is 15.5 Å². The lowest BCUT2D eigenvalue weighted by molar-refractivity contribution is 0.101. The number of rotatable bonds is 3. The van der Waals surface area contributed by atoms with E-state index in [0.717, 1.165) is 0 Å². The van der Waals surface area contributed by atoms with Crippen LogP contribution in [0.1, 0.15) is 17.4 Å². The topological polar surface area (TPSA) is 46.9 Å². The van der Waals surface area contributed by atoms with Crippen LogP contribution in [0.4, 0.5) is 5.69 Å². The van der Waals surface area contributed by atoms with Crippen LogP contribution in [0.15, 0.2) is 30.6 Å². The molecule has 0 aliphatic heterocycles. The Morgan fingerprint density at radius 2 is 2.28 bits per heavy atom. The van der Waals surface area contributed by atoms with Gasteiger partial charge in [-0.2, -0.15) is 0 Å². The van der Waals surface area contributed by atoms with Gasteiger partial charge >= 0.3 is 0 Å². The summed E-state index contributed by atoms with van der Waals surface area (Å²) in [6.45, 7) is 2.60. The number of aromatic nitrogens is 2. The van der Waals surface area contributed by atoms with Crippen LogP contribution in [0.3, 0.4) is 0 Å². The second kappa shape index (κ2) is 5.42. The van der Waals surface area contributed by atoms with E-state index >= 15 is 0 Å². The van der Waals surface area contributed by atoms with Gasteiger partial charge in [-0.15, -0.1) is 0 Å². The third kappa shape index (κ3) is 2.66. The second-order valence-electron chi connectivity index (χ2n) is 3.63. The first-order valence-corrected chi connectivity index (χ1v) is 6.15. The Balaban J connectivity index is 2.25. The summed E-state index contributed by atoms with van der Waals surface area (Å²) in [6.07, 6.45) is 3.27. The van der Waals surface area contributed by atoms with E-state index < -0.39 is 0 Å². The molecular formula is C12H11Cl2N3O. The van der Waals surface area contributed by atoms with E-state index in [4.69, 9.17) is 23.2 Å². The maximum Gasteiger partial charge on any atom is 0.272 e. The lowest BCUT2D eigenvalue weighted by Crippen LogP contribution is -2.16. The van der Waals surface area contributed by atoms with Crippen molar-refractivity contribution in [1.29, 1.82) is 0 Å². The predicted octanol–water partition coefficient (Wildman–Crippen LogP) is 3.46. The van der Waals surface area contributed by atoms with Crippen molar-refractivity contribution < 1.29 is 4.79 Å². The molecule has 0 spiro atoms. The maximum atomic E-state index is 12.1. The molecule has 2 aromatic rings. The van der Waals surface area contributed by atoms with Gasteiger partial charge in [0.1, 0.15) is 5.69 Å². The SMILES string of the molecule is CCn1cc(Cl)cc1C(=O)Nc1cccnc1Cl. The van der Waals surface area contributed by atoms with E-state index in [-0.39, 0.29) is 11.1 Å². The normalized spacial score (nSPS) is 10.4. The molecule has 0 aliphatic carbocycles. The number of anilines is 1. The molecule has 1 N–H and O–H groups in total. The van der Waals surface area contributed by atoms with Gasteiger partial charge in [0.2, 0.25) is 0 Å². The van der Waals surface area contributed by atoms with Crippen LogP contribution in [0, 0.1) is 0 Å². The Kier molecular flexibility index (Phi) is 3.89. The lowest BCUT2D eigenvalue weighted by atomic mass is 10.3. The monoisotopic (exact) mass is 283 g/mol. The number of amides is 1. The standard InChI is InChI=1S/C12H11Cl2N3O/c1-2-17-7-8(13)6-10(17)12(18)16-9-4-3-5-15-11(9)14/h3-7H,2H2,1H3,(H,16,18). The highest BCUT2D eigenvalue weighted by Crippen LogP contribution is 2.20. The van der Waals surface area contributed by atoms with Crippen molar-refractivity contribution in [1.82, 2.24) is 9.55 Å². The molecule has 0 atom stereocenters. The summed E-state index contributed by atoms with van der Waals surface area (Å²) in [7, 11) is 0. The number of carbonyl (C=O) groups is 1. The maximum absolute atomic E-state index is 12.1. The Labute approximate surface area is 115 Å². The Bertz CT molecular complexity index is 580. The molecule has 6 heteroatoms. The summed E-state index contributed by atoms with van der Waals surface area (Å²) in [6, 6.07) is 5.01. The summed E-state index contributed by atoms with van der Waals surface area (Å²) in [5.74, 6) is -0.265. The molecule has 0 unspecified atom stereocenters. The molecule has 4 nitrogen and oxygen atoms in total. The van der Waals surface area contributed by atoms with Gasteiger partial charge in [0.05, 0.1) is 10.7 Å². The Morgan fingerprint density at radius 1 is 1.50 bits per heavy atom. The van der Waals surface area contributed by atoms with Crippen LogP contribution < -0.4 is 5.32 Å². The van der Waals surface area contributed by atoms with Gasteiger partial charge in [-0.3, -0.25) is 4.79 Å². The minimum atomic E-state index is -0.265. The van der Waals surface area contributed by atoms with Gasteiger partial charge in [0.15, 0.2) is 5.15 Å². The summed E-state index contributed by atoms with van der Waals surface area (Å²) in [5, 5.41) is 3.48. The number of nitrogens with zero attached hydrogens (tertiary/aromatic N) is 2. The zero-order valence-corrected chi connectivity index (χ0v) is 11.2. The summed E-state index contributed by atoms with van der Waals surface area (Å²) < 4.78 is 1.77. The van der Waals surface area contributed by atoms with E-state index in [1.807, 2.05) is 6.92 Å². The number of hydrogen-bond donors (Lipinski definition) is 1. The first kappa shape index (κ1) is 12.9. The van der Waals surface area contributed by atoms with Crippen LogP contribution in [0.25, 0.3) is 0 Å². The molecule has 1 amide bonds. The van der Waals surface area contributed by atoms with Gasteiger partial charge in [0.25, 0.3) is 5.91 Å². The minimum Gasteiger partial charge on any atom is -0.342 e. The molecule has 0 saturated heterocycles. The number of aryl methyl sites for hydroxylation is 1. The van der Waals surface area contributed by atoms with Crippen molar-refractivity contribution in [2.24, 2.45) is 0 Å². The number of nitrogens with one attached hydrogen (secondary N) is 1. The van der Waals surface area contributed by atoms with Gasteiger partial charge in [-0.25, -0.2) is 4.98 Å². The van der Waals surface area contributed by atoms with Gasteiger partial charge in [-0.1, -0.05) is 23.2 Å². The van der Waals surface area contributed by atoms with Gasteiger partial charge in [-0.05, 0) is 25.1 Å². The van der Waals surface area contributed by atoms with E-state index in [1.165, 1.54) is 0 Å². The van der Waals surface area contributed by atoms with Crippen molar-refractivity contribution in [2.75, 3.05) is 5.32 Å². The van der Waals surface area contributed by atoms with E-state index in [0.29, 0.717) is 22.9 Å². The summed E-state index contributed by atoms with van der Waals surface area (Å²) in [4.78, 5) is 16.0. The first-order valence-electron chi connectivity index (χ1n) is 5.39. The second-order valence-corrected chi connectivity index (χ2v) is 4.42. The molecular weight excluding hydrogens is 273 g/mol. The molecule has 94 valence electrons. The zero-order valence-electron chi connectivity index (χ0n) is 9.65. The molecule has 18 heavy (non-hydrogen) atoms. The zero-order chi connectivity index (χ0) is 13.1. The van der Waals surface area contributed by atoms with Crippen molar-refractivity contribution in [3.8, 4) is 0 Å². The van der Waals surface area contributed by atoms with Crippen LogP contribution in [-0.2, 0) is 6.54 Å². The third-order valence-electron chi connectivity index (χ3n) is 2.44. The highest BCUT2D eigenvalue weighted by atomic mass is 35.5. The number of pyridine rings is 1. The summed E-state index contributed by atoms with van der Waals surface area (Å²) >= 11 is 11.8. The smallest absolute Gasteiger partial charge is 0.272 e. The quantitative estimate of drug-likeness (QED) is 0.877. The summed E-state index contributed by atoms with van der Waals surface area (Å²) in [5.41, 5.74) is 0.964. The largest absolute Gasteiger partial charge is 0.342 e. The molecule has 0 saturated carbocycles. The molecule has 0 radical (unpaired) electrons. The van der Waals surface area contributed by atoms with Gasteiger partial charge < -0.3 is 9.88 Å². The predicted molar refractivity (Wildman–Crippen MR) is 72.3 cm³/mol. The number of carbonyl (C=O) groups excluding carboxylic acids is 1. The molecule has 0 fully saturated rings. The minimum absolute atomic E-state index is 0.256. The fourth-order valence-electron chi connectivity index (χ4n) is 1.59. The fraction of sp³-hybridized carbons (Fsp3) is 0.167. The lowest BCUT2D eigenvalue weighted by Gasteiger charge is -2.08. The molecule has 2 rings (SSSR count). The Morgan fingerprint density at radius 3 is 2.94 bits per heavy atom. The molecule has 2 heterocycles. The van der Waals surface area contributed by atoms with Crippen molar-refractivity contribution in [3.63, 3.8) is 0 Å². The average molecular weight is 284 g/mol. The number of halogens is 2. The third-order valence-corrected chi connectivity index (χ3v) is 2.95. The van der Waals surface area contributed by atoms with E-state index in [9.17, 15) is 4.79 Å². The molecule has 2 aromatic heterocycles. The van der Waals surface area contributed by atoms with Crippen molar-refractivity contribution in [3.05, 3.63) is 46.5 Å². The average Bonchev–Trinajstić information content (AvgIpc) is 2.73. The van der Waals surface area contributed by atoms with E-state index in [2.05, 4.69) is 10.3 Å². The van der Waals surface area contributed by atoms with Crippen LogP contribution >= 0.6 is 23.2 Å². The van der Waals surface area contributed by atoms with Crippen molar-refractivity contribution >= 4 is 34.8 Å². The van der Waals surface area contributed by atoms with Crippen molar-refractivity contribution in [2.45, 2.75) is 13.5 Å². The first-order chi connectivity index (χ1) is 8.61. The highest BCUT2D eigenvalue weighted by molar-refractivity contribution is 6.33. The Hall–Kier alpha value is -1.52. The highest BCUT2D eigenvalue weighted by Gasteiger charge is 2.13. The van der Waals surface area contributed by atoms with E-state index in [1.54, 1.807) is 35.2 Å². The fourth-order valence-corrected chi connectivity index (χ4v) is 1.98.